The van der Waals surface area contributed by atoms with Crippen LogP contribution in [0.5, 0.6) is 0 Å². The summed E-state index contributed by atoms with van der Waals surface area (Å²) in [5.74, 6) is -0.978. The van der Waals surface area contributed by atoms with E-state index in [1.807, 2.05) is 0 Å². The first kappa shape index (κ1) is 17.6. The van der Waals surface area contributed by atoms with E-state index in [0.717, 1.165) is 12.8 Å². The largest absolute Gasteiger partial charge is 0.340 e. The monoisotopic (exact) mass is 329 g/mol. The Morgan fingerprint density at radius 1 is 1.21 bits per heavy atom. The zero-order chi connectivity index (χ0) is 17.5. The van der Waals surface area contributed by atoms with E-state index >= 15 is 0 Å². The van der Waals surface area contributed by atoms with Crippen molar-refractivity contribution in [3.8, 4) is 0 Å². The molecule has 2 rings (SSSR count). The highest BCUT2D eigenvalue weighted by Crippen LogP contribution is 2.12. The van der Waals surface area contributed by atoms with Crippen molar-refractivity contribution in [2.45, 2.75) is 19.8 Å². The number of hydrogen-bond acceptors (Lipinski definition) is 3. The summed E-state index contributed by atoms with van der Waals surface area (Å²) in [4.78, 5) is 30.2. The lowest BCUT2D eigenvalue weighted by molar-refractivity contribution is 0.0787. The Bertz CT molecular complexity index is 716. The molecule has 0 unspecified atom stereocenters. The summed E-state index contributed by atoms with van der Waals surface area (Å²) in [6, 6.07) is 8.46. The number of nitrogens with zero attached hydrogens (tertiary/aromatic N) is 2. The van der Waals surface area contributed by atoms with Crippen molar-refractivity contribution in [2.24, 2.45) is 0 Å². The Morgan fingerprint density at radius 2 is 1.92 bits per heavy atom. The smallest absolute Gasteiger partial charge is 0.272 e. The van der Waals surface area contributed by atoms with E-state index in [0.29, 0.717) is 17.8 Å². The van der Waals surface area contributed by atoms with Crippen molar-refractivity contribution in [3.05, 3.63) is 59.7 Å². The van der Waals surface area contributed by atoms with Gasteiger partial charge in [-0.05, 0) is 42.8 Å². The lowest BCUT2D eigenvalue weighted by atomic mass is 10.2. The molecule has 0 atom stereocenters. The molecule has 6 heteroatoms. The molecule has 0 saturated carbocycles. The number of aromatic nitrogens is 1. The number of nitrogens with one attached hydrogen (secondary N) is 1. The number of rotatable bonds is 6. The first-order chi connectivity index (χ1) is 11.5. The van der Waals surface area contributed by atoms with E-state index in [4.69, 9.17) is 0 Å². The van der Waals surface area contributed by atoms with E-state index < -0.39 is 0 Å². The Balaban J connectivity index is 2.10. The quantitative estimate of drug-likeness (QED) is 0.884. The van der Waals surface area contributed by atoms with Crippen molar-refractivity contribution in [1.29, 1.82) is 0 Å². The summed E-state index contributed by atoms with van der Waals surface area (Å²) >= 11 is 0. The fourth-order valence-electron chi connectivity index (χ4n) is 2.12. The number of benzene rings is 1. The van der Waals surface area contributed by atoms with Gasteiger partial charge in [0, 0.05) is 31.0 Å². The molecule has 1 heterocycles. The number of carbonyl (C=O) groups excluding carboxylic acids is 2. The maximum absolute atomic E-state index is 12.9. The maximum Gasteiger partial charge on any atom is 0.272 e. The third-order valence-electron chi connectivity index (χ3n) is 3.54. The van der Waals surface area contributed by atoms with E-state index in [2.05, 4.69) is 17.2 Å². The van der Waals surface area contributed by atoms with Crippen LogP contribution in [-0.2, 0) is 0 Å². The summed E-state index contributed by atoms with van der Waals surface area (Å²) in [6.45, 7) is 2.69. The molecule has 0 radical (unpaired) electrons. The molecule has 0 saturated heterocycles. The molecule has 0 bridgehead atoms. The minimum Gasteiger partial charge on any atom is -0.340 e. The lowest BCUT2D eigenvalue weighted by Gasteiger charge is -2.16. The lowest BCUT2D eigenvalue weighted by Crippen LogP contribution is -2.28. The van der Waals surface area contributed by atoms with Crippen LogP contribution in [0.1, 0.15) is 40.6 Å². The van der Waals surface area contributed by atoms with Gasteiger partial charge < -0.3 is 10.2 Å². The fourth-order valence-corrected chi connectivity index (χ4v) is 2.12. The van der Waals surface area contributed by atoms with Crippen LogP contribution in [0.4, 0.5) is 10.1 Å². The molecular weight excluding hydrogens is 309 g/mol. The van der Waals surface area contributed by atoms with Crippen LogP contribution < -0.4 is 5.32 Å². The highest BCUT2D eigenvalue weighted by molar-refractivity contribution is 6.05. The van der Waals surface area contributed by atoms with Crippen LogP contribution in [0.25, 0.3) is 0 Å². The van der Waals surface area contributed by atoms with Gasteiger partial charge in [0.1, 0.15) is 11.5 Å². The van der Waals surface area contributed by atoms with Crippen molar-refractivity contribution < 1.29 is 14.0 Å². The molecule has 126 valence electrons. The zero-order valence-electron chi connectivity index (χ0n) is 13.8. The van der Waals surface area contributed by atoms with Crippen molar-refractivity contribution in [1.82, 2.24) is 9.88 Å². The van der Waals surface area contributed by atoms with Crippen molar-refractivity contribution in [2.75, 3.05) is 18.9 Å². The van der Waals surface area contributed by atoms with Crippen molar-refractivity contribution >= 4 is 17.5 Å². The van der Waals surface area contributed by atoms with E-state index in [-0.39, 0.29) is 23.3 Å². The van der Waals surface area contributed by atoms with Gasteiger partial charge in [0.05, 0.1) is 0 Å². The molecule has 2 amide bonds. The van der Waals surface area contributed by atoms with Crippen LogP contribution >= 0.6 is 0 Å². The highest BCUT2D eigenvalue weighted by atomic mass is 19.1. The van der Waals surface area contributed by atoms with Gasteiger partial charge in [0.2, 0.25) is 0 Å². The van der Waals surface area contributed by atoms with Crippen LogP contribution in [0.15, 0.2) is 42.6 Å². The number of anilines is 1. The number of pyridine rings is 1. The summed E-state index contributed by atoms with van der Waals surface area (Å²) in [7, 11) is 1.71. The second-order valence-corrected chi connectivity index (χ2v) is 5.47. The Kier molecular flexibility index (Phi) is 6.01. The number of unbranched alkanes of at least 4 members (excludes halogenated alkanes) is 1. The third-order valence-corrected chi connectivity index (χ3v) is 3.54. The summed E-state index contributed by atoms with van der Waals surface area (Å²) in [6.07, 6.45) is 3.33. The topological polar surface area (TPSA) is 62.3 Å². The van der Waals surface area contributed by atoms with E-state index in [9.17, 15) is 14.0 Å². The van der Waals surface area contributed by atoms with Gasteiger partial charge in [-0.2, -0.15) is 0 Å². The van der Waals surface area contributed by atoms with Gasteiger partial charge in [0.25, 0.3) is 11.8 Å². The average Bonchev–Trinajstić information content (AvgIpc) is 2.61. The second kappa shape index (κ2) is 8.19. The number of hydrogen-bond donors (Lipinski definition) is 1. The molecule has 0 aliphatic carbocycles. The molecule has 24 heavy (non-hydrogen) atoms. The minimum atomic E-state index is -0.380. The molecule has 1 N–H and O–H groups in total. The van der Waals surface area contributed by atoms with Gasteiger partial charge in [-0.3, -0.25) is 14.6 Å². The molecule has 0 fully saturated rings. The zero-order valence-corrected chi connectivity index (χ0v) is 13.8. The Hall–Kier alpha value is -2.76. The van der Waals surface area contributed by atoms with Gasteiger partial charge in [0.15, 0.2) is 0 Å². The van der Waals surface area contributed by atoms with E-state index in [1.165, 1.54) is 42.6 Å². The van der Waals surface area contributed by atoms with Crippen LogP contribution in [0.3, 0.4) is 0 Å². The first-order valence-corrected chi connectivity index (χ1v) is 7.79. The first-order valence-electron chi connectivity index (χ1n) is 7.79. The van der Waals surface area contributed by atoms with Crippen LogP contribution in [0.2, 0.25) is 0 Å². The normalized spacial score (nSPS) is 10.3. The highest BCUT2D eigenvalue weighted by Gasteiger charge is 2.15. The predicted molar refractivity (Wildman–Crippen MR) is 90.5 cm³/mol. The Labute approximate surface area is 140 Å². The van der Waals surface area contributed by atoms with Crippen LogP contribution in [0, 0.1) is 5.82 Å². The second-order valence-electron chi connectivity index (χ2n) is 5.47. The number of amides is 2. The van der Waals surface area contributed by atoms with Gasteiger partial charge >= 0.3 is 0 Å². The van der Waals surface area contributed by atoms with Crippen LogP contribution in [-0.4, -0.2) is 35.3 Å². The fraction of sp³-hybridized carbons (Fsp3) is 0.278. The number of halogens is 1. The Morgan fingerprint density at radius 3 is 2.58 bits per heavy atom. The minimum absolute atomic E-state index is 0.222. The standard InChI is InChI=1S/C18H20FN3O2/c1-3-4-11-22(2)18(24)16-12-13(9-10-20-16)17(23)21-15-7-5-14(19)6-8-15/h5-10,12H,3-4,11H2,1-2H3,(H,21,23). The summed E-state index contributed by atoms with van der Waals surface area (Å²) in [5, 5.41) is 2.66. The molecule has 0 aliphatic heterocycles. The molecule has 0 aliphatic rings. The molecule has 0 spiro atoms. The van der Waals surface area contributed by atoms with E-state index in [1.54, 1.807) is 11.9 Å². The van der Waals surface area contributed by atoms with Crippen molar-refractivity contribution in [3.63, 3.8) is 0 Å². The SMILES string of the molecule is CCCCN(C)C(=O)c1cc(C(=O)Nc2ccc(F)cc2)ccn1. The molecular formula is C18H20FN3O2. The third kappa shape index (κ3) is 4.62. The summed E-state index contributed by atoms with van der Waals surface area (Å²) < 4.78 is 12.9. The summed E-state index contributed by atoms with van der Waals surface area (Å²) in [5.41, 5.74) is 1.02. The predicted octanol–water partition coefficient (Wildman–Crippen LogP) is 3.35. The number of carbonyl (C=O) groups is 2. The molecule has 5 nitrogen and oxygen atoms in total. The van der Waals surface area contributed by atoms with Gasteiger partial charge in [-0.25, -0.2) is 4.39 Å². The molecule has 2 aromatic rings. The average molecular weight is 329 g/mol. The molecule has 1 aromatic carbocycles. The molecule has 1 aromatic heterocycles. The maximum atomic E-state index is 12.9. The van der Waals surface area contributed by atoms with Gasteiger partial charge in [-0.15, -0.1) is 0 Å². The van der Waals surface area contributed by atoms with Gasteiger partial charge in [-0.1, -0.05) is 13.3 Å².